The third-order valence-corrected chi connectivity index (χ3v) is 9.75. The minimum atomic E-state index is -1.58. The van der Waals surface area contributed by atoms with Crippen molar-refractivity contribution in [2.45, 2.75) is 128 Å². The van der Waals surface area contributed by atoms with Gasteiger partial charge in [0.25, 0.3) is 0 Å². The molecule has 0 aromatic carbocycles. The number of nitrogens with two attached hydrogens (primary N) is 3. The van der Waals surface area contributed by atoms with E-state index in [1.165, 1.54) is 16.7 Å². The van der Waals surface area contributed by atoms with E-state index < -0.39 is 132 Å². The first-order valence-electron chi connectivity index (χ1n) is 18.9. The molecule has 0 spiro atoms. The van der Waals surface area contributed by atoms with Gasteiger partial charge in [-0.25, -0.2) is 4.79 Å². The van der Waals surface area contributed by atoms with Crippen molar-refractivity contribution in [3.63, 3.8) is 0 Å². The van der Waals surface area contributed by atoms with Crippen molar-refractivity contribution in [2.24, 2.45) is 29.0 Å². The van der Waals surface area contributed by atoms with Crippen molar-refractivity contribution in [3.05, 3.63) is 0 Å². The molecule has 2 aliphatic rings. The molecule has 0 aromatic rings. The van der Waals surface area contributed by atoms with E-state index >= 15 is 0 Å². The molecule has 22 heteroatoms. The summed E-state index contributed by atoms with van der Waals surface area (Å²) in [6, 6.07) is -9.97. The van der Waals surface area contributed by atoms with Gasteiger partial charge < -0.3 is 63.8 Å². The Morgan fingerprint density at radius 3 is 1.65 bits per heavy atom. The Kier molecular flexibility index (Phi) is 18.3. The van der Waals surface area contributed by atoms with E-state index in [0.29, 0.717) is 12.8 Å². The Morgan fingerprint density at radius 2 is 1.18 bits per heavy atom. The van der Waals surface area contributed by atoms with Gasteiger partial charge in [-0.15, -0.1) is 0 Å². The van der Waals surface area contributed by atoms with Crippen molar-refractivity contribution >= 4 is 59.1 Å². The number of carbonyl (C=O) groups is 10. The minimum Gasteiger partial charge on any atom is -0.480 e. The number of carboxylic acid groups (broad SMARTS) is 1. The summed E-state index contributed by atoms with van der Waals surface area (Å²) in [5.74, 6) is -9.32. The second kappa shape index (κ2) is 21.8. The summed E-state index contributed by atoms with van der Waals surface area (Å²) >= 11 is 0. The molecule has 0 saturated carbocycles. The largest absolute Gasteiger partial charge is 0.480 e. The molecule has 2 saturated heterocycles. The lowest BCUT2D eigenvalue weighted by atomic mass is 10.0. The predicted molar refractivity (Wildman–Crippen MR) is 199 cm³/mol. The zero-order chi connectivity index (χ0) is 43.3. The maximum atomic E-state index is 13.8. The number of carboxylic acids is 1. The molecule has 2 aliphatic heterocycles. The number of aliphatic hydroxyl groups is 1. The molecule has 57 heavy (non-hydrogen) atoms. The molecule has 13 N–H and O–H groups in total. The van der Waals surface area contributed by atoms with Crippen molar-refractivity contribution < 1.29 is 58.2 Å². The van der Waals surface area contributed by atoms with E-state index in [1.807, 2.05) is 0 Å². The van der Waals surface area contributed by atoms with Gasteiger partial charge in [0.05, 0.1) is 19.1 Å². The Bertz CT molecular complexity index is 1540. The van der Waals surface area contributed by atoms with Crippen LogP contribution in [0, 0.1) is 11.8 Å². The van der Waals surface area contributed by atoms with E-state index in [4.69, 9.17) is 17.2 Å². The number of hydrogen-bond acceptors (Lipinski definition) is 12. The monoisotopic (exact) mass is 810 g/mol. The number of likely N-dealkylation sites (tertiary alicyclic amines) is 2. The van der Waals surface area contributed by atoms with Gasteiger partial charge in [0.2, 0.25) is 53.2 Å². The Balaban J connectivity index is 2.12. The quantitative estimate of drug-likeness (QED) is 0.0522. The highest BCUT2D eigenvalue weighted by molar-refractivity contribution is 5.98. The van der Waals surface area contributed by atoms with Gasteiger partial charge >= 0.3 is 5.97 Å². The molecule has 0 aliphatic carbocycles. The van der Waals surface area contributed by atoms with E-state index in [1.54, 1.807) is 27.7 Å². The third-order valence-electron chi connectivity index (χ3n) is 9.75. The number of carbonyl (C=O) groups excluding carboxylic acids is 9. The molecule has 9 amide bonds. The zero-order valence-electron chi connectivity index (χ0n) is 32.9. The van der Waals surface area contributed by atoms with Crippen molar-refractivity contribution in [1.82, 2.24) is 36.4 Å². The zero-order valence-corrected chi connectivity index (χ0v) is 32.9. The van der Waals surface area contributed by atoms with Crippen LogP contribution in [0.25, 0.3) is 0 Å². The molecular weight excluding hydrogens is 752 g/mol. The fourth-order valence-electron chi connectivity index (χ4n) is 6.54. The van der Waals surface area contributed by atoms with Gasteiger partial charge in [-0.1, -0.05) is 27.7 Å². The minimum absolute atomic E-state index is 0.119. The maximum Gasteiger partial charge on any atom is 0.326 e. The fourth-order valence-corrected chi connectivity index (χ4v) is 6.54. The molecular formula is C35H58N10O12. The molecule has 8 atom stereocenters. The number of aliphatic carboxylic acids is 1. The first-order valence-corrected chi connectivity index (χ1v) is 18.9. The van der Waals surface area contributed by atoms with Gasteiger partial charge in [-0.05, 0) is 50.9 Å². The van der Waals surface area contributed by atoms with Crippen LogP contribution in [0.4, 0.5) is 0 Å². The third kappa shape index (κ3) is 13.7. The maximum absolute atomic E-state index is 13.8. The molecule has 2 heterocycles. The van der Waals surface area contributed by atoms with Crippen LogP contribution in [0.2, 0.25) is 0 Å². The highest BCUT2D eigenvalue weighted by atomic mass is 16.4. The highest BCUT2D eigenvalue weighted by Crippen LogP contribution is 2.22. The predicted octanol–water partition coefficient (Wildman–Crippen LogP) is -4.73. The smallest absolute Gasteiger partial charge is 0.326 e. The Labute approximate surface area is 330 Å². The lowest BCUT2D eigenvalue weighted by Crippen LogP contribution is -2.61. The second-order valence-electron chi connectivity index (χ2n) is 15.0. The molecule has 2 fully saturated rings. The Morgan fingerprint density at radius 1 is 0.649 bits per heavy atom. The van der Waals surface area contributed by atoms with E-state index in [2.05, 4.69) is 26.6 Å². The van der Waals surface area contributed by atoms with E-state index in [-0.39, 0.29) is 38.8 Å². The lowest BCUT2D eigenvalue weighted by molar-refractivity contribution is -0.145. The summed E-state index contributed by atoms with van der Waals surface area (Å²) in [7, 11) is 0. The number of hydrogen-bond donors (Lipinski definition) is 10. The van der Waals surface area contributed by atoms with Crippen molar-refractivity contribution in [3.8, 4) is 0 Å². The highest BCUT2D eigenvalue weighted by Gasteiger charge is 2.42. The van der Waals surface area contributed by atoms with Crippen LogP contribution in [-0.2, 0) is 47.9 Å². The summed E-state index contributed by atoms with van der Waals surface area (Å²) in [5, 5.41) is 32.0. The average molecular weight is 811 g/mol. The Hall–Kier alpha value is -5.38. The van der Waals surface area contributed by atoms with Crippen molar-refractivity contribution in [2.75, 3.05) is 19.7 Å². The SMILES string of the molecule is CC(C)[C@H](NC(=O)[C@@H]1CCCN1C(=O)[C@H](C)NC(=O)[C@@H](N)CC(N)=O)C(=O)N[C@@H](CO)C(=O)N[C@H](C(=O)N1CCC[C@H]1C(=O)N[C@@H](CCC(N)=O)C(=O)O)C(C)C. The first-order chi connectivity index (χ1) is 26.6. The molecule has 22 nitrogen and oxygen atoms in total. The summed E-state index contributed by atoms with van der Waals surface area (Å²) in [4.78, 5) is 129. The number of primary amides is 2. The van der Waals surface area contributed by atoms with Crippen LogP contribution in [0.3, 0.4) is 0 Å². The van der Waals surface area contributed by atoms with E-state index in [0.717, 1.165) is 0 Å². The van der Waals surface area contributed by atoms with Crippen LogP contribution < -0.4 is 43.8 Å². The number of nitrogens with one attached hydrogen (secondary N) is 5. The van der Waals surface area contributed by atoms with Gasteiger partial charge in [0.1, 0.15) is 42.3 Å². The van der Waals surface area contributed by atoms with Crippen LogP contribution in [-0.4, -0.2) is 147 Å². The molecule has 0 bridgehead atoms. The van der Waals surface area contributed by atoms with Crippen LogP contribution in [0.15, 0.2) is 0 Å². The van der Waals surface area contributed by atoms with Crippen LogP contribution >= 0.6 is 0 Å². The summed E-state index contributed by atoms with van der Waals surface area (Å²) < 4.78 is 0. The van der Waals surface area contributed by atoms with Gasteiger partial charge in [-0.2, -0.15) is 0 Å². The molecule has 0 aromatic heterocycles. The lowest BCUT2D eigenvalue weighted by Gasteiger charge is -2.32. The van der Waals surface area contributed by atoms with Crippen molar-refractivity contribution in [1.29, 1.82) is 0 Å². The van der Waals surface area contributed by atoms with Crippen LogP contribution in [0.5, 0.6) is 0 Å². The van der Waals surface area contributed by atoms with Crippen LogP contribution in [0.1, 0.15) is 79.6 Å². The topological polar surface area (TPSA) is 356 Å². The van der Waals surface area contributed by atoms with Gasteiger partial charge in [-0.3, -0.25) is 43.2 Å². The molecule has 320 valence electrons. The summed E-state index contributed by atoms with van der Waals surface area (Å²) in [5.41, 5.74) is 15.9. The van der Waals surface area contributed by atoms with E-state index in [9.17, 15) is 58.2 Å². The summed E-state index contributed by atoms with van der Waals surface area (Å²) in [6.45, 7) is 7.27. The molecule has 0 radical (unpaired) electrons. The molecule has 0 unspecified atom stereocenters. The second-order valence-corrected chi connectivity index (χ2v) is 15.0. The normalized spacial score (nSPS) is 19.7. The fraction of sp³-hybridized carbons (Fsp3) is 0.714. The van der Waals surface area contributed by atoms with Gasteiger partial charge in [0.15, 0.2) is 0 Å². The average Bonchev–Trinajstić information content (AvgIpc) is 3.83. The standard InChI is InChI=1S/C35H58N10O12/c1-16(2)26(42-31(52)23-9-6-12-44(23)33(54)18(5)39-28(49)19(36)14-25(38)48)32(53)41-21(15-46)29(50)43-27(17(3)4)34(55)45-13-7-8-22(45)30(51)40-20(35(56)57)10-11-24(37)47/h16-23,26-27,46H,6-15,36H2,1-5H3,(H2,37,47)(H2,38,48)(H,39,49)(H,40,51)(H,41,53)(H,42,52)(H,43,50)(H,56,57)/t18-,19-,20-,21-,22-,23-,26-,27-/m0/s1. The number of aliphatic hydroxyl groups excluding tert-OH is 1. The first kappa shape index (κ1) is 47.8. The molecule has 2 rings (SSSR count). The van der Waals surface area contributed by atoms with Gasteiger partial charge in [0, 0.05) is 19.5 Å². The number of rotatable bonds is 21. The number of amides is 9. The summed E-state index contributed by atoms with van der Waals surface area (Å²) in [6.07, 6.45) is 0.297. The number of nitrogens with zero attached hydrogens (tertiary/aromatic N) is 2.